The summed E-state index contributed by atoms with van der Waals surface area (Å²) in [5.41, 5.74) is 2.10. The molecule has 1 unspecified atom stereocenters. The van der Waals surface area contributed by atoms with Gasteiger partial charge in [-0.2, -0.15) is 5.26 Å². The van der Waals surface area contributed by atoms with Crippen LogP contribution in [0.1, 0.15) is 29.7 Å². The Morgan fingerprint density at radius 3 is 2.57 bits per heavy atom. The lowest BCUT2D eigenvalue weighted by molar-refractivity contribution is 0.305. The van der Waals surface area contributed by atoms with Gasteiger partial charge in [-0.3, -0.25) is 0 Å². The molecule has 2 rings (SSSR count). The maximum atomic E-state index is 13.3. The first-order chi connectivity index (χ1) is 10.1. The van der Waals surface area contributed by atoms with Crippen LogP contribution in [-0.4, -0.2) is 7.05 Å². The lowest BCUT2D eigenvalue weighted by Gasteiger charge is -2.12. The fourth-order valence-electron chi connectivity index (χ4n) is 1.98. The lowest BCUT2D eigenvalue weighted by atomic mass is 10.1. The van der Waals surface area contributed by atoms with Gasteiger partial charge in [0.15, 0.2) is 0 Å². The van der Waals surface area contributed by atoms with E-state index in [0.29, 0.717) is 16.9 Å². The van der Waals surface area contributed by atoms with Crippen LogP contribution in [-0.2, 0) is 6.61 Å². The summed E-state index contributed by atoms with van der Waals surface area (Å²) < 4.78 is 18.9. The summed E-state index contributed by atoms with van der Waals surface area (Å²) in [6.45, 7) is 2.30. The average molecular weight is 284 g/mol. The summed E-state index contributed by atoms with van der Waals surface area (Å²) in [4.78, 5) is 0. The fraction of sp³-hybridized carbons (Fsp3) is 0.235. The van der Waals surface area contributed by atoms with E-state index in [4.69, 9.17) is 10.00 Å². The maximum absolute atomic E-state index is 13.3. The summed E-state index contributed by atoms with van der Waals surface area (Å²) >= 11 is 0. The Kier molecular flexibility index (Phi) is 4.91. The van der Waals surface area contributed by atoms with Gasteiger partial charge in [-0.05, 0) is 55.4 Å². The molecular formula is C17H17FN2O. The molecule has 2 aromatic carbocycles. The number of nitriles is 1. The Bertz CT molecular complexity index is 647. The number of hydrogen-bond donors (Lipinski definition) is 1. The number of halogens is 1. The number of nitrogens with zero attached hydrogens (tertiary/aromatic N) is 1. The smallest absolute Gasteiger partial charge is 0.124 e. The molecule has 3 nitrogen and oxygen atoms in total. The Labute approximate surface area is 124 Å². The van der Waals surface area contributed by atoms with Gasteiger partial charge >= 0.3 is 0 Å². The second-order valence-corrected chi connectivity index (χ2v) is 4.83. The van der Waals surface area contributed by atoms with E-state index >= 15 is 0 Å². The molecule has 0 saturated heterocycles. The van der Waals surface area contributed by atoms with Crippen molar-refractivity contribution < 1.29 is 9.13 Å². The molecule has 0 spiro atoms. The van der Waals surface area contributed by atoms with Crippen LogP contribution in [0.25, 0.3) is 0 Å². The van der Waals surface area contributed by atoms with Gasteiger partial charge in [-0.1, -0.05) is 12.1 Å². The maximum Gasteiger partial charge on any atom is 0.124 e. The zero-order valence-corrected chi connectivity index (χ0v) is 12.1. The number of hydrogen-bond acceptors (Lipinski definition) is 3. The van der Waals surface area contributed by atoms with E-state index in [-0.39, 0.29) is 12.6 Å². The quantitative estimate of drug-likeness (QED) is 0.913. The van der Waals surface area contributed by atoms with Gasteiger partial charge < -0.3 is 10.1 Å². The van der Waals surface area contributed by atoms with Crippen LogP contribution in [0.2, 0.25) is 0 Å². The largest absolute Gasteiger partial charge is 0.489 e. The molecule has 0 saturated carbocycles. The van der Waals surface area contributed by atoms with Crippen molar-refractivity contribution in [1.82, 2.24) is 5.32 Å². The fourth-order valence-corrected chi connectivity index (χ4v) is 1.98. The second kappa shape index (κ2) is 6.87. The molecule has 1 N–H and O–H groups in total. The molecule has 0 bridgehead atoms. The van der Waals surface area contributed by atoms with E-state index in [1.54, 1.807) is 6.07 Å². The van der Waals surface area contributed by atoms with Gasteiger partial charge in [0, 0.05) is 6.04 Å². The van der Waals surface area contributed by atoms with Crippen molar-refractivity contribution in [1.29, 1.82) is 5.26 Å². The predicted molar refractivity (Wildman–Crippen MR) is 79.4 cm³/mol. The molecule has 0 aromatic heterocycles. The Hall–Kier alpha value is -2.38. The summed E-state index contributed by atoms with van der Waals surface area (Å²) in [6.07, 6.45) is 0. The summed E-state index contributed by atoms with van der Waals surface area (Å²) in [5, 5.41) is 12.0. The van der Waals surface area contributed by atoms with Crippen LogP contribution in [0, 0.1) is 17.1 Å². The molecule has 0 amide bonds. The number of benzene rings is 2. The molecule has 2 aromatic rings. The third-order valence-electron chi connectivity index (χ3n) is 3.31. The standard InChI is InChI=1S/C17H17FN2O/c1-12(20-2)15-3-5-17(6-4-15)21-11-14-7-13(10-19)8-16(18)9-14/h3-9,12,20H,11H2,1-2H3. The zero-order valence-electron chi connectivity index (χ0n) is 12.1. The van der Waals surface area contributed by atoms with Crippen LogP contribution in [0.3, 0.4) is 0 Å². The predicted octanol–water partition coefficient (Wildman–Crippen LogP) is 3.56. The number of nitrogens with one attached hydrogen (secondary N) is 1. The molecule has 1 atom stereocenters. The van der Waals surface area contributed by atoms with E-state index in [1.165, 1.54) is 17.7 Å². The Morgan fingerprint density at radius 2 is 1.95 bits per heavy atom. The topological polar surface area (TPSA) is 45.0 Å². The van der Waals surface area contributed by atoms with Crippen LogP contribution in [0.15, 0.2) is 42.5 Å². The molecular weight excluding hydrogens is 267 g/mol. The van der Waals surface area contributed by atoms with E-state index in [1.807, 2.05) is 37.4 Å². The van der Waals surface area contributed by atoms with Crippen molar-refractivity contribution in [2.24, 2.45) is 0 Å². The summed E-state index contributed by atoms with van der Waals surface area (Å²) in [7, 11) is 1.91. The van der Waals surface area contributed by atoms with Gasteiger partial charge in [-0.15, -0.1) is 0 Å². The van der Waals surface area contributed by atoms with E-state index in [9.17, 15) is 4.39 Å². The van der Waals surface area contributed by atoms with E-state index in [0.717, 1.165) is 0 Å². The van der Waals surface area contributed by atoms with E-state index < -0.39 is 5.82 Å². The first-order valence-corrected chi connectivity index (χ1v) is 6.72. The summed E-state index contributed by atoms with van der Waals surface area (Å²) in [5.74, 6) is 0.288. The van der Waals surface area contributed by atoms with Crippen molar-refractivity contribution in [2.45, 2.75) is 19.6 Å². The van der Waals surface area contributed by atoms with Crippen molar-refractivity contribution in [2.75, 3.05) is 7.05 Å². The summed E-state index contributed by atoms with van der Waals surface area (Å²) in [6, 6.07) is 14.2. The Balaban J connectivity index is 2.03. The van der Waals surface area contributed by atoms with Gasteiger partial charge in [0.05, 0.1) is 11.6 Å². The van der Waals surface area contributed by atoms with Crippen LogP contribution in [0.4, 0.5) is 4.39 Å². The van der Waals surface area contributed by atoms with Gasteiger partial charge in [-0.25, -0.2) is 4.39 Å². The van der Waals surface area contributed by atoms with Gasteiger partial charge in [0.2, 0.25) is 0 Å². The highest BCUT2D eigenvalue weighted by molar-refractivity contribution is 5.34. The molecule has 0 radical (unpaired) electrons. The zero-order chi connectivity index (χ0) is 15.2. The molecule has 0 aliphatic carbocycles. The highest BCUT2D eigenvalue weighted by Gasteiger charge is 2.04. The highest BCUT2D eigenvalue weighted by Crippen LogP contribution is 2.19. The third kappa shape index (κ3) is 4.04. The first-order valence-electron chi connectivity index (χ1n) is 6.72. The molecule has 0 aliphatic rings. The molecule has 21 heavy (non-hydrogen) atoms. The SMILES string of the molecule is CNC(C)c1ccc(OCc2cc(F)cc(C#N)c2)cc1. The molecule has 0 aliphatic heterocycles. The Morgan fingerprint density at radius 1 is 1.24 bits per heavy atom. The first kappa shape index (κ1) is 15.0. The monoisotopic (exact) mass is 284 g/mol. The minimum atomic E-state index is -0.425. The molecule has 4 heteroatoms. The molecule has 108 valence electrons. The van der Waals surface area contributed by atoms with E-state index in [2.05, 4.69) is 12.2 Å². The third-order valence-corrected chi connectivity index (χ3v) is 3.31. The van der Waals surface area contributed by atoms with Crippen molar-refractivity contribution in [3.63, 3.8) is 0 Å². The van der Waals surface area contributed by atoms with Crippen molar-refractivity contribution in [3.8, 4) is 11.8 Å². The highest BCUT2D eigenvalue weighted by atomic mass is 19.1. The van der Waals surface area contributed by atoms with Gasteiger partial charge in [0.1, 0.15) is 18.2 Å². The van der Waals surface area contributed by atoms with Crippen LogP contribution >= 0.6 is 0 Å². The van der Waals surface area contributed by atoms with Crippen molar-refractivity contribution in [3.05, 3.63) is 65.0 Å². The van der Waals surface area contributed by atoms with Crippen LogP contribution in [0.5, 0.6) is 5.75 Å². The lowest BCUT2D eigenvalue weighted by Crippen LogP contribution is -2.11. The average Bonchev–Trinajstić information content (AvgIpc) is 2.52. The number of rotatable bonds is 5. The minimum Gasteiger partial charge on any atom is -0.489 e. The number of ether oxygens (including phenoxy) is 1. The molecule has 0 fully saturated rings. The van der Waals surface area contributed by atoms with Crippen molar-refractivity contribution >= 4 is 0 Å². The minimum absolute atomic E-state index is 0.230. The van der Waals surface area contributed by atoms with Crippen LogP contribution < -0.4 is 10.1 Å². The molecule has 0 heterocycles. The second-order valence-electron chi connectivity index (χ2n) is 4.83. The van der Waals surface area contributed by atoms with Gasteiger partial charge in [0.25, 0.3) is 0 Å². The normalized spacial score (nSPS) is 11.7.